The molecule has 1 aliphatic heterocycles. The Hall–Kier alpha value is -2.18. The van der Waals surface area contributed by atoms with Crippen LogP contribution in [0.25, 0.3) is 11.4 Å². The highest BCUT2D eigenvalue weighted by atomic mass is 16.3. The van der Waals surface area contributed by atoms with Crippen LogP contribution in [0.1, 0.15) is 16.8 Å². The van der Waals surface area contributed by atoms with Gasteiger partial charge in [0.05, 0.1) is 17.7 Å². The zero-order valence-corrected chi connectivity index (χ0v) is 12.5. The predicted molar refractivity (Wildman–Crippen MR) is 83.4 cm³/mol. The molecule has 1 amide bonds. The molecule has 3 rings (SSSR count). The summed E-state index contributed by atoms with van der Waals surface area (Å²) in [5.41, 5.74) is 1.36. The largest absolute Gasteiger partial charge is 0.390 e. The van der Waals surface area contributed by atoms with Crippen LogP contribution >= 0.6 is 0 Å². The van der Waals surface area contributed by atoms with Gasteiger partial charge in [0.2, 0.25) is 0 Å². The molecule has 116 valence electrons. The predicted octanol–water partition coefficient (Wildman–Crippen LogP) is 0.540. The van der Waals surface area contributed by atoms with Crippen LogP contribution in [0, 0.1) is 0 Å². The molecule has 1 aliphatic rings. The standard InChI is InChI=1S/C16H20N4O2/c1-20-9-8-18-15(20)11-4-2-3-5-12(11)16(22)19-13-6-7-17-10-14(13)21/h2-5,8-9,13-14,17,21H,6-7,10H2,1H3,(H,19,22)/t13-,14-/m1/s1. The first-order valence-electron chi connectivity index (χ1n) is 7.43. The zero-order chi connectivity index (χ0) is 15.5. The Morgan fingerprint density at radius 2 is 2.27 bits per heavy atom. The van der Waals surface area contributed by atoms with Crippen LogP contribution in [0.2, 0.25) is 0 Å². The summed E-state index contributed by atoms with van der Waals surface area (Å²) in [6, 6.07) is 7.17. The fourth-order valence-electron chi connectivity index (χ4n) is 2.76. The van der Waals surface area contributed by atoms with E-state index < -0.39 is 6.10 Å². The number of hydrogen-bond acceptors (Lipinski definition) is 4. The molecule has 1 aromatic heterocycles. The number of hydrogen-bond donors (Lipinski definition) is 3. The van der Waals surface area contributed by atoms with Crippen molar-refractivity contribution >= 4 is 5.91 Å². The lowest BCUT2D eigenvalue weighted by molar-refractivity contribution is 0.0766. The molecule has 0 radical (unpaired) electrons. The van der Waals surface area contributed by atoms with E-state index in [1.807, 2.05) is 36.0 Å². The van der Waals surface area contributed by atoms with Crippen molar-refractivity contribution in [2.24, 2.45) is 7.05 Å². The smallest absolute Gasteiger partial charge is 0.252 e. The number of imidazole rings is 1. The summed E-state index contributed by atoms with van der Waals surface area (Å²) in [5.74, 6) is 0.571. The van der Waals surface area contributed by atoms with Gasteiger partial charge in [-0.2, -0.15) is 0 Å². The molecule has 1 fully saturated rings. The molecule has 2 aromatic rings. The van der Waals surface area contributed by atoms with Crippen molar-refractivity contribution in [1.82, 2.24) is 20.2 Å². The van der Waals surface area contributed by atoms with Crippen LogP contribution in [0.15, 0.2) is 36.7 Å². The van der Waals surface area contributed by atoms with E-state index in [-0.39, 0.29) is 11.9 Å². The maximum absolute atomic E-state index is 12.6. The Bertz CT molecular complexity index is 668. The number of carbonyl (C=O) groups excluding carboxylic acids is 1. The molecule has 6 heteroatoms. The number of aliphatic hydroxyl groups excluding tert-OH is 1. The van der Waals surface area contributed by atoms with E-state index in [9.17, 15) is 9.90 Å². The van der Waals surface area contributed by atoms with Crippen LogP contribution in [0.4, 0.5) is 0 Å². The molecule has 0 spiro atoms. The summed E-state index contributed by atoms with van der Waals surface area (Å²) < 4.78 is 1.88. The SMILES string of the molecule is Cn1ccnc1-c1ccccc1C(=O)N[C@@H]1CCNC[C@H]1O. The molecule has 1 aromatic carbocycles. The number of nitrogens with one attached hydrogen (secondary N) is 2. The van der Waals surface area contributed by atoms with E-state index in [1.54, 1.807) is 12.3 Å². The molecule has 0 aliphatic carbocycles. The molecule has 1 saturated heterocycles. The lowest BCUT2D eigenvalue weighted by atomic mass is 10.0. The highest BCUT2D eigenvalue weighted by molar-refractivity contribution is 6.00. The summed E-state index contributed by atoms with van der Waals surface area (Å²) in [4.78, 5) is 16.9. The first-order chi connectivity index (χ1) is 10.7. The molecule has 2 atom stereocenters. The Labute approximate surface area is 129 Å². The van der Waals surface area contributed by atoms with Gasteiger partial charge in [-0.05, 0) is 19.0 Å². The molecular weight excluding hydrogens is 280 g/mol. The van der Waals surface area contributed by atoms with E-state index in [2.05, 4.69) is 15.6 Å². The summed E-state index contributed by atoms with van der Waals surface area (Å²) in [6.07, 6.45) is 3.72. The van der Waals surface area contributed by atoms with Crippen LogP contribution in [0.3, 0.4) is 0 Å². The van der Waals surface area contributed by atoms with E-state index in [1.165, 1.54) is 0 Å². The van der Waals surface area contributed by atoms with E-state index in [0.29, 0.717) is 12.1 Å². The van der Waals surface area contributed by atoms with Crippen LogP contribution in [-0.2, 0) is 7.05 Å². The Balaban J connectivity index is 1.85. The van der Waals surface area contributed by atoms with Gasteiger partial charge in [0.15, 0.2) is 0 Å². The summed E-state index contributed by atoms with van der Waals surface area (Å²) in [7, 11) is 1.90. The monoisotopic (exact) mass is 300 g/mol. The van der Waals surface area contributed by atoms with Gasteiger partial charge in [0.25, 0.3) is 5.91 Å². The number of nitrogens with zero attached hydrogens (tertiary/aromatic N) is 2. The van der Waals surface area contributed by atoms with Crippen molar-refractivity contribution in [2.75, 3.05) is 13.1 Å². The molecule has 2 heterocycles. The second-order valence-corrected chi connectivity index (χ2v) is 5.55. The number of carbonyl (C=O) groups is 1. The maximum atomic E-state index is 12.6. The molecular formula is C16H20N4O2. The number of piperidine rings is 1. The second kappa shape index (κ2) is 6.29. The second-order valence-electron chi connectivity index (χ2n) is 5.55. The van der Waals surface area contributed by atoms with Crippen LogP contribution in [0.5, 0.6) is 0 Å². The Kier molecular flexibility index (Phi) is 4.22. The van der Waals surface area contributed by atoms with E-state index in [4.69, 9.17) is 0 Å². The average Bonchev–Trinajstić information content (AvgIpc) is 2.95. The lowest BCUT2D eigenvalue weighted by Crippen LogP contribution is -2.52. The minimum Gasteiger partial charge on any atom is -0.390 e. The van der Waals surface area contributed by atoms with Crippen molar-refractivity contribution < 1.29 is 9.90 Å². The number of aliphatic hydroxyl groups is 1. The third-order valence-electron chi connectivity index (χ3n) is 4.00. The van der Waals surface area contributed by atoms with Gasteiger partial charge in [-0.1, -0.05) is 18.2 Å². The van der Waals surface area contributed by atoms with Crippen molar-refractivity contribution in [1.29, 1.82) is 0 Å². The fourth-order valence-corrected chi connectivity index (χ4v) is 2.76. The van der Waals surface area contributed by atoms with Gasteiger partial charge < -0.3 is 20.3 Å². The number of aryl methyl sites for hydroxylation is 1. The van der Waals surface area contributed by atoms with Crippen molar-refractivity contribution in [3.05, 3.63) is 42.2 Å². The summed E-state index contributed by atoms with van der Waals surface area (Å²) in [6.45, 7) is 1.30. The highest BCUT2D eigenvalue weighted by Gasteiger charge is 2.25. The van der Waals surface area contributed by atoms with Crippen LogP contribution < -0.4 is 10.6 Å². The van der Waals surface area contributed by atoms with Gasteiger partial charge in [-0.3, -0.25) is 4.79 Å². The van der Waals surface area contributed by atoms with Crippen molar-refractivity contribution in [2.45, 2.75) is 18.6 Å². The minimum atomic E-state index is -0.557. The Morgan fingerprint density at radius 1 is 1.45 bits per heavy atom. The number of aromatic nitrogens is 2. The molecule has 3 N–H and O–H groups in total. The molecule has 0 saturated carbocycles. The molecule has 0 bridgehead atoms. The first kappa shape index (κ1) is 14.7. The molecule has 6 nitrogen and oxygen atoms in total. The normalized spacial score (nSPS) is 21.5. The summed E-state index contributed by atoms with van der Waals surface area (Å²) >= 11 is 0. The van der Waals surface area contributed by atoms with Gasteiger partial charge in [0.1, 0.15) is 5.82 Å². The topological polar surface area (TPSA) is 79.2 Å². The van der Waals surface area contributed by atoms with E-state index >= 15 is 0 Å². The average molecular weight is 300 g/mol. The van der Waals surface area contributed by atoms with Gasteiger partial charge in [-0.25, -0.2) is 4.98 Å². The third kappa shape index (κ3) is 2.88. The van der Waals surface area contributed by atoms with E-state index in [0.717, 1.165) is 24.4 Å². The zero-order valence-electron chi connectivity index (χ0n) is 12.5. The quantitative estimate of drug-likeness (QED) is 0.773. The lowest BCUT2D eigenvalue weighted by Gasteiger charge is -2.29. The van der Waals surface area contributed by atoms with Crippen molar-refractivity contribution in [3.8, 4) is 11.4 Å². The number of rotatable bonds is 3. The van der Waals surface area contributed by atoms with Gasteiger partial charge >= 0.3 is 0 Å². The highest BCUT2D eigenvalue weighted by Crippen LogP contribution is 2.22. The Morgan fingerprint density at radius 3 is 3.00 bits per heavy atom. The number of amides is 1. The minimum absolute atomic E-state index is 0.176. The van der Waals surface area contributed by atoms with Gasteiger partial charge in [-0.15, -0.1) is 0 Å². The molecule has 22 heavy (non-hydrogen) atoms. The third-order valence-corrected chi connectivity index (χ3v) is 4.00. The van der Waals surface area contributed by atoms with Crippen LogP contribution in [-0.4, -0.2) is 45.8 Å². The number of β-amino-alcohol motifs (C(OH)–C–C–N with tert-alkyl or cyclic N) is 1. The summed E-state index contributed by atoms with van der Waals surface area (Å²) in [5, 5.41) is 16.0. The van der Waals surface area contributed by atoms with Crippen molar-refractivity contribution in [3.63, 3.8) is 0 Å². The number of benzene rings is 1. The molecule has 0 unspecified atom stereocenters. The first-order valence-corrected chi connectivity index (χ1v) is 7.43. The fraction of sp³-hybridized carbons (Fsp3) is 0.375. The maximum Gasteiger partial charge on any atom is 0.252 e. The van der Waals surface area contributed by atoms with Gasteiger partial charge in [0, 0.05) is 31.5 Å².